The van der Waals surface area contributed by atoms with Gasteiger partial charge >= 0.3 is 0 Å². The Labute approximate surface area is 117 Å². The molecule has 0 bridgehead atoms. The first-order valence-corrected chi connectivity index (χ1v) is 6.09. The molecule has 0 aliphatic heterocycles. The number of carbonyl (C=O) groups excluding carboxylic acids is 1. The average molecular weight is 270 g/mol. The third-order valence-electron chi connectivity index (χ3n) is 2.82. The second-order valence-electron chi connectivity index (χ2n) is 4.15. The zero-order valence-electron chi connectivity index (χ0n) is 11.0. The SMILES string of the molecule is CN(C(=O)COc1ccccc1)C(C#N)c1ccco1. The molecule has 0 N–H and O–H groups in total. The largest absolute Gasteiger partial charge is 0.484 e. The fraction of sp³-hybridized carbons (Fsp3) is 0.200. The van der Waals surface area contributed by atoms with Crippen LogP contribution in [0.2, 0.25) is 0 Å². The van der Waals surface area contributed by atoms with Crippen molar-refractivity contribution in [2.24, 2.45) is 0 Å². The summed E-state index contributed by atoms with van der Waals surface area (Å²) in [6, 6.07) is 13.7. The van der Waals surface area contributed by atoms with Gasteiger partial charge in [-0.05, 0) is 24.3 Å². The Morgan fingerprint density at radius 3 is 2.70 bits per heavy atom. The Hall–Kier alpha value is -2.74. The molecule has 0 fully saturated rings. The normalized spacial score (nSPS) is 11.4. The molecule has 2 rings (SSSR count). The van der Waals surface area contributed by atoms with Gasteiger partial charge < -0.3 is 14.1 Å². The number of furan rings is 1. The van der Waals surface area contributed by atoms with E-state index in [-0.39, 0.29) is 12.5 Å². The smallest absolute Gasteiger partial charge is 0.261 e. The summed E-state index contributed by atoms with van der Waals surface area (Å²) in [6.07, 6.45) is 1.47. The van der Waals surface area contributed by atoms with Crippen LogP contribution in [0.3, 0.4) is 0 Å². The minimum Gasteiger partial charge on any atom is -0.484 e. The third kappa shape index (κ3) is 3.18. The first-order valence-electron chi connectivity index (χ1n) is 6.09. The molecule has 0 saturated carbocycles. The van der Waals surface area contributed by atoms with Crippen LogP contribution in [0.1, 0.15) is 11.8 Å². The molecule has 5 nitrogen and oxygen atoms in total. The molecule has 102 valence electrons. The zero-order chi connectivity index (χ0) is 14.4. The lowest BCUT2D eigenvalue weighted by molar-refractivity contribution is -0.133. The van der Waals surface area contributed by atoms with E-state index in [0.29, 0.717) is 11.5 Å². The maximum absolute atomic E-state index is 12.0. The Balaban J connectivity index is 1.96. The molecule has 1 amide bonds. The van der Waals surface area contributed by atoms with Gasteiger partial charge in [0.2, 0.25) is 0 Å². The van der Waals surface area contributed by atoms with Crippen LogP contribution in [0, 0.1) is 11.3 Å². The van der Waals surface area contributed by atoms with E-state index >= 15 is 0 Å². The van der Waals surface area contributed by atoms with Crippen LogP contribution in [0.15, 0.2) is 53.1 Å². The van der Waals surface area contributed by atoms with Gasteiger partial charge in [0.15, 0.2) is 12.6 Å². The van der Waals surface area contributed by atoms with Crippen molar-refractivity contribution in [2.45, 2.75) is 6.04 Å². The Kier molecular flexibility index (Phi) is 4.40. The molecular weight excluding hydrogens is 256 g/mol. The van der Waals surface area contributed by atoms with E-state index in [2.05, 4.69) is 0 Å². The van der Waals surface area contributed by atoms with E-state index in [1.165, 1.54) is 11.2 Å². The summed E-state index contributed by atoms with van der Waals surface area (Å²) in [6.45, 7) is -0.126. The van der Waals surface area contributed by atoms with Gasteiger partial charge in [0.25, 0.3) is 5.91 Å². The summed E-state index contributed by atoms with van der Waals surface area (Å²) in [5.74, 6) is 0.751. The lowest BCUT2D eigenvalue weighted by atomic mass is 10.2. The van der Waals surface area contributed by atoms with E-state index in [0.717, 1.165) is 0 Å². The van der Waals surface area contributed by atoms with Gasteiger partial charge in [-0.15, -0.1) is 0 Å². The number of hydrogen-bond acceptors (Lipinski definition) is 4. The maximum atomic E-state index is 12.0. The Bertz CT molecular complexity index is 587. The van der Waals surface area contributed by atoms with Crippen LogP contribution >= 0.6 is 0 Å². The number of para-hydroxylation sites is 1. The first-order chi connectivity index (χ1) is 9.72. The highest BCUT2D eigenvalue weighted by molar-refractivity contribution is 5.78. The molecule has 1 unspecified atom stereocenters. The van der Waals surface area contributed by atoms with Crippen molar-refractivity contribution < 1.29 is 13.9 Å². The summed E-state index contributed by atoms with van der Waals surface area (Å²) >= 11 is 0. The van der Waals surface area contributed by atoms with Gasteiger partial charge in [-0.2, -0.15) is 5.26 Å². The maximum Gasteiger partial charge on any atom is 0.261 e. The summed E-state index contributed by atoms with van der Waals surface area (Å²) < 4.78 is 10.5. The van der Waals surface area contributed by atoms with E-state index in [1.54, 1.807) is 31.3 Å². The fourth-order valence-corrected chi connectivity index (χ4v) is 1.70. The third-order valence-corrected chi connectivity index (χ3v) is 2.82. The van der Waals surface area contributed by atoms with Gasteiger partial charge in [0.05, 0.1) is 12.3 Å². The summed E-state index contributed by atoms with van der Waals surface area (Å²) in [7, 11) is 1.55. The molecule has 0 aliphatic carbocycles. The molecular formula is C15H14N2O3. The summed E-state index contributed by atoms with van der Waals surface area (Å²) in [5, 5.41) is 9.16. The van der Waals surface area contributed by atoms with Crippen molar-refractivity contribution in [1.29, 1.82) is 5.26 Å². The number of carbonyl (C=O) groups is 1. The molecule has 0 radical (unpaired) electrons. The van der Waals surface area contributed by atoms with Crippen LogP contribution in [0.25, 0.3) is 0 Å². The van der Waals surface area contributed by atoms with Gasteiger partial charge in [-0.3, -0.25) is 4.79 Å². The molecule has 1 aromatic carbocycles. The number of nitriles is 1. The Morgan fingerprint density at radius 2 is 2.10 bits per heavy atom. The second-order valence-corrected chi connectivity index (χ2v) is 4.15. The number of benzene rings is 1. The van der Waals surface area contributed by atoms with Crippen LogP contribution in [0.4, 0.5) is 0 Å². The number of hydrogen-bond donors (Lipinski definition) is 0. The van der Waals surface area contributed by atoms with E-state index in [1.807, 2.05) is 24.3 Å². The van der Waals surface area contributed by atoms with E-state index < -0.39 is 6.04 Å². The topological polar surface area (TPSA) is 66.5 Å². The molecule has 0 aliphatic rings. The van der Waals surface area contributed by atoms with Gasteiger partial charge in [0.1, 0.15) is 11.5 Å². The van der Waals surface area contributed by atoms with Crippen molar-refractivity contribution in [3.63, 3.8) is 0 Å². The molecule has 0 saturated heterocycles. The Morgan fingerprint density at radius 1 is 1.35 bits per heavy atom. The number of likely N-dealkylation sites (N-methyl/N-ethyl adjacent to an activating group) is 1. The van der Waals surface area contributed by atoms with Crippen molar-refractivity contribution in [3.05, 3.63) is 54.5 Å². The van der Waals surface area contributed by atoms with Gasteiger partial charge in [-0.25, -0.2) is 0 Å². The molecule has 1 heterocycles. The standard InChI is InChI=1S/C15H14N2O3/c1-17(13(10-16)14-8-5-9-19-14)15(18)11-20-12-6-3-2-4-7-12/h2-9,13H,11H2,1H3. The molecule has 1 aromatic heterocycles. The van der Waals surface area contributed by atoms with E-state index in [9.17, 15) is 4.79 Å². The van der Waals surface area contributed by atoms with E-state index in [4.69, 9.17) is 14.4 Å². The fourth-order valence-electron chi connectivity index (χ4n) is 1.70. The zero-order valence-corrected chi connectivity index (χ0v) is 11.0. The summed E-state index contributed by atoms with van der Waals surface area (Å²) in [4.78, 5) is 13.3. The molecule has 20 heavy (non-hydrogen) atoms. The van der Waals surface area contributed by atoms with Crippen molar-refractivity contribution >= 4 is 5.91 Å². The van der Waals surface area contributed by atoms with Crippen LogP contribution in [0.5, 0.6) is 5.75 Å². The highest BCUT2D eigenvalue weighted by Crippen LogP contribution is 2.19. The number of nitrogens with zero attached hydrogens (tertiary/aromatic N) is 2. The molecule has 5 heteroatoms. The predicted molar refractivity (Wildman–Crippen MR) is 71.8 cm³/mol. The van der Waals surface area contributed by atoms with Gasteiger partial charge in [-0.1, -0.05) is 18.2 Å². The first kappa shape index (κ1) is 13.7. The number of rotatable bonds is 5. The van der Waals surface area contributed by atoms with Crippen molar-refractivity contribution in [1.82, 2.24) is 4.90 Å². The lowest BCUT2D eigenvalue weighted by Gasteiger charge is -2.21. The monoisotopic (exact) mass is 270 g/mol. The number of amides is 1. The van der Waals surface area contributed by atoms with Crippen molar-refractivity contribution in [2.75, 3.05) is 13.7 Å². The highest BCUT2D eigenvalue weighted by Gasteiger charge is 2.23. The van der Waals surface area contributed by atoms with Crippen LogP contribution < -0.4 is 4.74 Å². The molecule has 0 spiro atoms. The predicted octanol–water partition coefficient (Wildman–Crippen LogP) is 2.38. The molecule has 1 atom stereocenters. The average Bonchev–Trinajstić information content (AvgIpc) is 3.00. The summed E-state index contributed by atoms with van der Waals surface area (Å²) in [5.41, 5.74) is 0. The quantitative estimate of drug-likeness (QED) is 0.836. The minimum absolute atomic E-state index is 0.126. The van der Waals surface area contributed by atoms with Crippen molar-refractivity contribution in [3.8, 4) is 11.8 Å². The van der Waals surface area contributed by atoms with Crippen LogP contribution in [-0.4, -0.2) is 24.5 Å². The second kappa shape index (κ2) is 6.43. The minimum atomic E-state index is -0.753. The van der Waals surface area contributed by atoms with Crippen LogP contribution in [-0.2, 0) is 4.79 Å². The highest BCUT2D eigenvalue weighted by atomic mass is 16.5. The molecule has 2 aromatic rings. The lowest BCUT2D eigenvalue weighted by Crippen LogP contribution is -2.34. The van der Waals surface area contributed by atoms with Gasteiger partial charge in [0, 0.05) is 7.05 Å². The number of ether oxygens (including phenoxy) is 1.